The summed E-state index contributed by atoms with van der Waals surface area (Å²) in [7, 11) is 0. The minimum Gasteiger partial charge on any atom is -0.393 e. The molecule has 0 bridgehead atoms. The summed E-state index contributed by atoms with van der Waals surface area (Å²) < 4.78 is 8.09. The molecule has 0 spiro atoms. The monoisotopic (exact) mass is 267 g/mol. The fourth-order valence-electron chi connectivity index (χ4n) is 2.43. The molecule has 6 nitrogen and oxygen atoms in total. The molecule has 0 aromatic carbocycles. The van der Waals surface area contributed by atoms with Gasteiger partial charge < -0.3 is 10.5 Å². The van der Waals surface area contributed by atoms with Crippen LogP contribution in [0, 0.1) is 5.92 Å². The average molecular weight is 267 g/mol. The highest BCUT2D eigenvalue weighted by Crippen LogP contribution is 2.15. The summed E-state index contributed by atoms with van der Waals surface area (Å²) in [6, 6.07) is 0. The largest absolute Gasteiger partial charge is 0.393 e. The lowest BCUT2D eigenvalue weighted by Gasteiger charge is -2.22. The lowest BCUT2D eigenvalue weighted by molar-refractivity contribution is 0.0604. The summed E-state index contributed by atoms with van der Waals surface area (Å²) in [4.78, 5) is 24.3. The number of nitrogens with zero attached hydrogens (tertiary/aromatic N) is 2. The van der Waals surface area contributed by atoms with Gasteiger partial charge in [-0.05, 0) is 25.2 Å². The molecular formula is C13H21N3O3. The van der Waals surface area contributed by atoms with E-state index in [9.17, 15) is 9.59 Å². The first-order valence-corrected chi connectivity index (χ1v) is 6.81. The molecular weight excluding hydrogens is 246 g/mol. The van der Waals surface area contributed by atoms with Gasteiger partial charge in [0.1, 0.15) is 5.69 Å². The fourth-order valence-corrected chi connectivity index (χ4v) is 2.43. The number of nitrogens with two attached hydrogens (primary N) is 1. The highest BCUT2D eigenvalue weighted by molar-refractivity contribution is 5.30. The van der Waals surface area contributed by atoms with Gasteiger partial charge in [0.15, 0.2) is 0 Å². The number of ether oxygens (including phenoxy) is 1. The minimum absolute atomic E-state index is 0.139. The molecule has 0 amide bonds. The summed E-state index contributed by atoms with van der Waals surface area (Å²) >= 11 is 0. The van der Waals surface area contributed by atoms with Gasteiger partial charge in [-0.25, -0.2) is 4.79 Å². The van der Waals surface area contributed by atoms with Gasteiger partial charge in [-0.1, -0.05) is 6.92 Å². The molecule has 0 atom stereocenters. The normalized spacial score (nSPS) is 16.7. The quantitative estimate of drug-likeness (QED) is 0.858. The highest BCUT2D eigenvalue weighted by Gasteiger charge is 2.17. The van der Waals surface area contributed by atoms with Gasteiger partial charge in [0, 0.05) is 32.5 Å². The van der Waals surface area contributed by atoms with E-state index in [-0.39, 0.29) is 16.9 Å². The number of hydrogen-bond acceptors (Lipinski definition) is 4. The molecule has 2 N–H and O–H groups in total. The third kappa shape index (κ3) is 3.07. The lowest BCUT2D eigenvalue weighted by atomic mass is 10.0. The number of hydrogen-bond donors (Lipinski definition) is 1. The number of aryl methyl sites for hydroxylation is 1. The zero-order valence-electron chi connectivity index (χ0n) is 11.3. The number of rotatable bonds is 4. The van der Waals surface area contributed by atoms with E-state index in [4.69, 9.17) is 10.5 Å². The van der Waals surface area contributed by atoms with E-state index in [1.807, 2.05) is 6.92 Å². The van der Waals surface area contributed by atoms with E-state index in [0.717, 1.165) is 19.3 Å². The van der Waals surface area contributed by atoms with Crippen LogP contribution in [0.5, 0.6) is 0 Å². The van der Waals surface area contributed by atoms with Crippen LogP contribution in [-0.4, -0.2) is 22.3 Å². The summed E-state index contributed by atoms with van der Waals surface area (Å²) in [5, 5.41) is 0. The Labute approximate surface area is 111 Å². The fraction of sp³-hybridized carbons (Fsp3) is 0.692. The summed E-state index contributed by atoms with van der Waals surface area (Å²) in [5.41, 5.74) is 5.22. The Balaban J connectivity index is 2.32. The van der Waals surface area contributed by atoms with Crippen LogP contribution in [0.3, 0.4) is 0 Å². The molecule has 19 heavy (non-hydrogen) atoms. The molecule has 0 aliphatic carbocycles. The molecule has 0 saturated carbocycles. The molecule has 2 heterocycles. The van der Waals surface area contributed by atoms with Crippen molar-refractivity contribution in [3.05, 3.63) is 27.0 Å². The first-order valence-electron chi connectivity index (χ1n) is 6.81. The average Bonchev–Trinajstić information content (AvgIpc) is 2.42. The van der Waals surface area contributed by atoms with Crippen LogP contribution in [0.4, 0.5) is 5.69 Å². The van der Waals surface area contributed by atoms with Gasteiger partial charge in [0.2, 0.25) is 0 Å². The Hall–Kier alpha value is -1.56. The molecule has 1 aliphatic rings. The van der Waals surface area contributed by atoms with Crippen molar-refractivity contribution in [2.45, 2.75) is 39.3 Å². The van der Waals surface area contributed by atoms with Crippen LogP contribution in [-0.2, 0) is 17.8 Å². The molecule has 0 radical (unpaired) electrons. The summed E-state index contributed by atoms with van der Waals surface area (Å²) in [6.07, 6.45) is 4.05. The van der Waals surface area contributed by atoms with Crippen molar-refractivity contribution in [1.29, 1.82) is 0 Å². The second kappa shape index (κ2) is 6.06. The number of nitrogen functional groups attached to an aromatic ring is 1. The van der Waals surface area contributed by atoms with Crippen LogP contribution in [0.2, 0.25) is 0 Å². The maximum Gasteiger partial charge on any atom is 0.331 e. The van der Waals surface area contributed by atoms with Crippen molar-refractivity contribution >= 4 is 5.69 Å². The van der Waals surface area contributed by atoms with Crippen molar-refractivity contribution in [2.75, 3.05) is 18.9 Å². The summed E-state index contributed by atoms with van der Waals surface area (Å²) in [6.45, 7) is 4.40. The van der Waals surface area contributed by atoms with Gasteiger partial charge in [-0.2, -0.15) is 0 Å². The molecule has 1 aromatic rings. The summed E-state index contributed by atoms with van der Waals surface area (Å²) in [5.74, 6) is 0.316. The molecule has 1 aromatic heterocycles. The van der Waals surface area contributed by atoms with Crippen LogP contribution >= 0.6 is 0 Å². The standard InChI is InChI=1S/C13H21N3O3/c1-2-5-15-9-11(14)12(17)16(13(15)18)8-10-3-6-19-7-4-10/h9-10H,2-8,14H2,1H3. The van der Waals surface area contributed by atoms with E-state index >= 15 is 0 Å². The van der Waals surface area contributed by atoms with Crippen LogP contribution in [0.1, 0.15) is 26.2 Å². The Morgan fingerprint density at radius 1 is 1.37 bits per heavy atom. The predicted molar refractivity (Wildman–Crippen MR) is 73.2 cm³/mol. The van der Waals surface area contributed by atoms with Gasteiger partial charge in [0.05, 0.1) is 0 Å². The smallest absolute Gasteiger partial charge is 0.331 e. The third-order valence-electron chi connectivity index (χ3n) is 3.51. The first-order chi connectivity index (χ1) is 9.13. The molecule has 1 aliphatic heterocycles. The molecule has 2 rings (SSSR count). The van der Waals surface area contributed by atoms with Crippen molar-refractivity contribution < 1.29 is 4.74 Å². The zero-order chi connectivity index (χ0) is 13.8. The van der Waals surface area contributed by atoms with Crippen molar-refractivity contribution in [1.82, 2.24) is 9.13 Å². The van der Waals surface area contributed by atoms with Gasteiger partial charge in [0.25, 0.3) is 5.56 Å². The van der Waals surface area contributed by atoms with Gasteiger partial charge in [-0.15, -0.1) is 0 Å². The highest BCUT2D eigenvalue weighted by atomic mass is 16.5. The molecule has 1 saturated heterocycles. The van der Waals surface area contributed by atoms with Crippen molar-refractivity contribution in [2.24, 2.45) is 5.92 Å². The van der Waals surface area contributed by atoms with Crippen molar-refractivity contribution in [3.63, 3.8) is 0 Å². The van der Waals surface area contributed by atoms with Crippen LogP contribution < -0.4 is 17.0 Å². The van der Waals surface area contributed by atoms with E-state index in [2.05, 4.69) is 0 Å². The van der Waals surface area contributed by atoms with E-state index in [1.165, 1.54) is 15.3 Å². The Morgan fingerprint density at radius 3 is 2.68 bits per heavy atom. The minimum atomic E-state index is -0.371. The Bertz CT molecular complexity index is 541. The topological polar surface area (TPSA) is 79.2 Å². The second-order valence-electron chi connectivity index (χ2n) is 5.03. The lowest BCUT2D eigenvalue weighted by Crippen LogP contribution is -2.42. The maximum atomic E-state index is 12.2. The van der Waals surface area contributed by atoms with Crippen LogP contribution in [0.15, 0.2) is 15.8 Å². The third-order valence-corrected chi connectivity index (χ3v) is 3.51. The Morgan fingerprint density at radius 2 is 2.05 bits per heavy atom. The predicted octanol–water partition coefficient (Wildman–Crippen LogP) is 0.429. The van der Waals surface area contributed by atoms with Crippen molar-refractivity contribution in [3.8, 4) is 0 Å². The molecule has 6 heteroatoms. The zero-order valence-corrected chi connectivity index (χ0v) is 11.3. The van der Waals surface area contributed by atoms with E-state index in [1.54, 1.807) is 0 Å². The number of anilines is 1. The van der Waals surface area contributed by atoms with E-state index < -0.39 is 0 Å². The number of aromatic nitrogens is 2. The molecule has 106 valence electrons. The van der Waals surface area contributed by atoms with E-state index in [0.29, 0.717) is 32.2 Å². The van der Waals surface area contributed by atoms with Gasteiger partial charge >= 0.3 is 5.69 Å². The molecule has 0 unspecified atom stereocenters. The SMILES string of the molecule is CCCn1cc(N)c(=O)n(CC2CCOCC2)c1=O. The molecule has 1 fully saturated rings. The maximum absolute atomic E-state index is 12.2. The first kappa shape index (κ1) is 13.9. The Kier molecular flexibility index (Phi) is 4.42. The van der Waals surface area contributed by atoms with Crippen LogP contribution in [0.25, 0.3) is 0 Å². The second-order valence-corrected chi connectivity index (χ2v) is 5.03. The van der Waals surface area contributed by atoms with Gasteiger partial charge in [-0.3, -0.25) is 13.9 Å².